The molecule has 0 amide bonds. The molecule has 0 atom stereocenters. The van der Waals surface area contributed by atoms with Crippen molar-refractivity contribution in [2.75, 3.05) is 0 Å². The molecule has 0 fully saturated rings. The number of hydrogen-bond acceptors (Lipinski definition) is 2. The second-order valence-corrected chi connectivity index (χ2v) is 1.34. The van der Waals surface area contributed by atoms with E-state index in [9.17, 15) is 0 Å². The van der Waals surface area contributed by atoms with Crippen molar-refractivity contribution in [3.63, 3.8) is 0 Å². The van der Waals surface area contributed by atoms with Crippen LogP contribution in [0.2, 0.25) is 0 Å². The van der Waals surface area contributed by atoms with E-state index in [1.807, 2.05) is 0 Å². The summed E-state index contributed by atoms with van der Waals surface area (Å²) in [7, 11) is -4.67. The molecule has 0 radical (unpaired) electrons. The first-order valence-corrected chi connectivity index (χ1v) is 2.10. The first-order valence-electron chi connectivity index (χ1n) is 0.698. The first kappa shape index (κ1) is 51.5. The minimum Gasteiger partial charge on any atom is 0.316 e. The van der Waals surface area contributed by atoms with Crippen LogP contribution < -0.4 is 0 Å². The van der Waals surface area contributed by atoms with Crippen LogP contribution in [0, 0.1) is 0 Å². The summed E-state index contributed by atoms with van der Waals surface area (Å²) in [5, 5.41) is 0. The molecule has 0 saturated carbocycles. The third kappa shape index (κ3) is 278. The maximum atomic E-state index is 8.74. The van der Waals surface area contributed by atoms with Crippen LogP contribution in [-0.2, 0) is 10.4 Å². The molecule has 0 spiro atoms. The van der Waals surface area contributed by atoms with Crippen molar-refractivity contribution >= 4 is 84.8 Å². The average molecular weight is 237 g/mol. The molecule has 0 aliphatic carbocycles. The van der Waals surface area contributed by atoms with E-state index in [-0.39, 0.29) is 96.3 Å². The molecule has 0 aliphatic rings. The number of rotatable bonds is 0. The summed E-state index contributed by atoms with van der Waals surface area (Å²) in [6, 6.07) is 0. The van der Waals surface area contributed by atoms with Gasteiger partial charge in [0.1, 0.15) is 0 Å². The van der Waals surface area contributed by atoms with Crippen molar-refractivity contribution in [3.8, 4) is 0 Å². The molecular formula is H13KMgO8S. The quantitative estimate of drug-likeness (QED) is 0.312. The summed E-state index contributed by atoms with van der Waals surface area (Å²) in [4.78, 5) is 0. The molecule has 0 aromatic heterocycles. The zero-order chi connectivity index (χ0) is 4.50. The molecule has 0 saturated heterocycles. The van der Waals surface area contributed by atoms with Gasteiger partial charge in [0.15, 0.2) is 0 Å². The minimum atomic E-state index is -4.67. The van der Waals surface area contributed by atoms with Gasteiger partial charge in [-0.15, -0.1) is 0 Å². The van der Waals surface area contributed by atoms with E-state index in [0.717, 1.165) is 0 Å². The molecule has 0 rings (SSSR count). The topological polar surface area (TPSA) is 201 Å². The SMILES string of the molecule is O.O.O.O.O=S(=O)(O)O.[KH].[MgH2]. The fourth-order valence-electron chi connectivity index (χ4n) is 0. The van der Waals surface area contributed by atoms with E-state index in [1.165, 1.54) is 0 Å². The Hall–Kier alpha value is 2.11. The first-order chi connectivity index (χ1) is 2.00. The molecule has 0 bridgehead atoms. The van der Waals surface area contributed by atoms with Crippen LogP contribution in [0.15, 0.2) is 0 Å². The zero-order valence-electron chi connectivity index (χ0n) is 4.12. The van der Waals surface area contributed by atoms with Crippen LogP contribution in [-0.4, -0.2) is 114 Å². The van der Waals surface area contributed by atoms with Gasteiger partial charge in [-0.2, -0.15) is 8.42 Å². The molecule has 70 valence electrons. The van der Waals surface area contributed by atoms with E-state index in [1.54, 1.807) is 0 Å². The molecule has 0 aromatic carbocycles. The van der Waals surface area contributed by atoms with Crippen LogP contribution in [0.3, 0.4) is 0 Å². The monoisotopic (exact) mass is 236 g/mol. The maximum Gasteiger partial charge on any atom is 0.316 e. The van der Waals surface area contributed by atoms with Crippen molar-refractivity contribution in [2.45, 2.75) is 0 Å². The molecular weight excluding hydrogens is 223 g/mol. The van der Waals surface area contributed by atoms with Crippen LogP contribution in [0.5, 0.6) is 0 Å². The standard InChI is InChI=1S/K.Mg.H2O4S.4H2O.3H/c;;1-5(2,3)4;;;;;;;/h;;(H2,1,2,3,4);4*1H2;;;. The third-order valence-electron chi connectivity index (χ3n) is 0. The zero-order valence-corrected chi connectivity index (χ0v) is 4.94. The second kappa shape index (κ2) is 22.7. The van der Waals surface area contributed by atoms with E-state index in [0.29, 0.717) is 0 Å². The van der Waals surface area contributed by atoms with Gasteiger partial charge in [-0.1, -0.05) is 0 Å². The Labute approximate surface area is 122 Å². The van der Waals surface area contributed by atoms with Crippen molar-refractivity contribution < 1.29 is 39.4 Å². The Morgan fingerprint density at radius 1 is 0.818 bits per heavy atom. The molecule has 0 aromatic rings. The van der Waals surface area contributed by atoms with Crippen LogP contribution >= 0.6 is 0 Å². The molecule has 11 heavy (non-hydrogen) atoms. The predicted molar refractivity (Wildman–Crippen MR) is 44.3 cm³/mol. The largest absolute Gasteiger partial charge is 0.316 e. The summed E-state index contributed by atoms with van der Waals surface area (Å²) in [5.41, 5.74) is 0. The van der Waals surface area contributed by atoms with Gasteiger partial charge < -0.3 is 21.9 Å². The maximum absolute atomic E-state index is 8.74. The van der Waals surface area contributed by atoms with Gasteiger partial charge in [-0.25, -0.2) is 0 Å². The minimum absolute atomic E-state index is 0. The van der Waals surface area contributed by atoms with Gasteiger partial charge in [0.2, 0.25) is 0 Å². The van der Waals surface area contributed by atoms with Gasteiger partial charge in [-0.3, -0.25) is 9.11 Å². The second-order valence-electron chi connectivity index (χ2n) is 0.448. The van der Waals surface area contributed by atoms with E-state index < -0.39 is 10.4 Å². The molecule has 0 aliphatic heterocycles. The Bertz CT molecular complexity index is 97.3. The van der Waals surface area contributed by atoms with E-state index in [4.69, 9.17) is 17.5 Å². The molecule has 10 N–H and O–H groups in total. The fraction of sp³-hybridized carbons (Fsp3) is 0. The van der Waals surface area contributed by atoms with E-state index in [2.05, 4.69) is 0 Å². The Balaban J connectivity index is -0.00000000533. The summed E-state index contributed by atoms with van der Waals surface area (Å²) in [5.74, 6) is 0. The van der Waals surface area contributed by atoms with Crippen LogP contribution in [0.25, 0.3) is 0 Å². The third-order valence-corrected chi connectivity index (χ3v) is 0. The Morgan fingerprint density at radius 2 is 0.818 bits per heavy atom. The van der Waals surface area contributed by atoms with Crippen molar-refractivity contribution in [3.05, 3.63) is 0 Å². The van der Waals surface area contributed by atoms with Crippen molar-refractivity contribution in [1.29, 1.82) is 0 Å². The van der Waals surface area contributed by atoms with Gasteiger partial charge in [0, 0.05) is 0 Å². The molecule has 11 heteroatoms. The van der Waals surface area contributed by atoms with E-state index >= 15 is 0 Å². The van der Waals surface area contributed by atoms with Crippen LogP contribution in [0.1, 0.15) is 0 Å². The summed E-state index contributed by atoms with van der Waals surface area (Å²) in [6.45, 7) is 0. The van der Waals surface area contributed by atoms with Crippen LogP contribution in [0.4, 0.5) is 0 Å². The smallest absolute Gasteiger partial charge is 0.316 e. The van der Waals surface area contributed by atoms with Gasteiger partial charge in [0.25, 0.3) is 0 Å². The molecule has 8 nitrogen and oxygen atoms in total. The Morgan fingerprint density at radius 3 is 0.818 bits per heavy atom. The predicted octanol–water partition coefficient (Wildman–Crippen LogP) is -5.52. The molecule has 0 heterocycles. The van der Waals surface area contributed by atoms with Crippen molar-refractivity contribution in [2.24, 2.45) is 0 Å². The average Bonchev–Trinajstić information content (AvgIpc) is 0.722. The summed E-state index contributed by atoms with van der Waals surface area (Å²) < 4.78 is 31.6. The van der Waals surface area contributed by atoms with Crippen molar-refractivity contribution in [1.82, 2.24) is 0 Å². The summed E-state index contributed by atoms with van der Waals surface area (Å²) >= 11 is 0. The van der Waals surface area contributed by atoms with Gasteiger partial charge >= 0.3 is 84.8 Å². The number of hydrogen-bond donors (Lipinski definition) is 2. The van der Waals surface area contributed by atoms with Gasteiger partial charge in [0.05, 0.1) is 0 Å². The normalized spacial score (nSPS) is 5.27. The summed E-state index contributed by atoms with van der Waals surface area (Å²) in [6.07, 6.45) is 0. The Kier molecular flexibility index (Phi) is 106. The van der Waals surface area contributed by atoms with Gasteiger partial charge in [-0.05, 0) is 0 Å². The molecule has 0 unspecified atom stereocenters. The fourth-order valence-corrected chi connectivity index (χ4v) is 0.